The molecule has 134 valence electrons. The Labute approximate surface area is 148 Å². The number of nitrogens with zero attached hydrogens (tertiary/aromatic N) is 3. The van der Waals surface area contributed by atoms with Gasteiger partial charge >= 0.3 is 6.09 Å². The van der Waals surface area contributed by atoms with Gasteiger partial charge in [0, 0.05) is 38.1 Å². The lowest BCUT2D eigenvalue weighted by atomic mass is 10.0. The summed E-state index contributed by atoms with van der Waals surface area (Å²) in [7, 11) is 0. The van der Waals surface area contributed by atoms with Crippen molar-refractivity contribution < 1.29 is 9.53 Å². The molecule has 1 amide bonds. The van der Waals surface area contributed by atoms with E-state index in [1.807, 2.05) is 31.9 Å². The largest absolute Gasteiger partial charge is 0.444 e. The molecule has 0 spiro atoms. The number of nitrogens with one attached hydrogen (secondary N) is 1. The number of thioether (sulfide) groups is 1. The quantitative estimate of drug-likeness (QED) is 0.822. The molecule has 0 bridgehead atoms. The number of amides is 1. The monoisotopic (exact) mass is 352 g/mol. The molecule has 0 saturated carbocycles. The highest BCUT2D eigenvalue weighted by Gasteiger charge is 2.30. The molecule has 1 aliphatic rings. The lowest BCUT2D eigenvalue weighted by Crippen LogP contribution is -2.50. The molecule has 1 atom stereocenters. The van der Waals surface area contributed by atoms with Crippen LogP contribution in [0.4, 0.5) is 4.79 Å². The number of hydrogen-bond acceptors (Lipinski definition) is 6. The van der Waals surface area contributed by atoms with E-state index in [4.69, 9.17) is 4.74 Å². The van der Waals surface area contributed by atoms with Gasteiger partial charge in [-0.25, -0.2) is 9.78 Å². The number of aromatic nitrogens is 2. The highest BCUT2D eigenvalue weighted by Crippen LogP contribution is 2.20. The molecular weight excluding hydrogens is 324 g/mol. The SMILES string of the molecule is CSc1nccnc1CNC[C@@H]1CCCCN1C(=O)OC(C)(C)C. The Bertz CT molecular complexity index is 548. The van der Waals surface area contributed by atoms with E-state index in [1.54, 1.807) is 24.2 Å². The topological polar surface area (TPSA) is 67.4 Å². The van der Waals surface area contributed by atoms with Gasteiger partial charge in [0.25, 0.3) is 0 Å². The van der Waals surface area contributed by atoms with Crippen molar-refractivity contribution in [1.29, 1.82) is 0 Å². The second-order valence-corrected chi connectivity index (χ2v) is 7.76. The van der Waals surface area contributed by atoms with Crippen LogP contribution in [0, 0.1) is 0 Å². The molecule has 7 heteroatoms. The number of rotatable bonds is 5. The van der Waals surface area contributed by atoms with E-state index >= 15 is 0 Å². The van der Waals surface area contributed by atoms with Crippen LogP contribution in [0.1, 0.15) is 45.7 Å². The molecule has 0 aromatic carbocycles. The molecule has 1 fully saturated rings. The van der Waals surface area contributed by atoms with Crippen LogP contribution in [0.2, 0.25) is 0 Å². The van der Waals surface area contributed by atoms with Gasteiger partial charge in [0.15, 0.2) is 0 Å². The Kier molecular flexibility index (Phi) is 6.86. The Morgan fingerprint density at radius 2 is 2.12 bits per heavy atom. The standard InChI is InChI=1S/C17H28N4O2S/c1-17(2,3)23-16(22)21-10-6-5-7-13(21)11-18-12-14-15(24-4)20-9-8-19-14/h8-9,13,18H,5-7,10-12H2,1-4H3/t13-/m0/s1. The first kappa shape index (κ1) is 19.0. The normalized spacial score (nSPS) is 18.5. The van der Waals surface area contributed by atoms with E-state index in [0.29, 0.717) is 6.54 Å². The average Bonchev–Trinajstić information content (AvgIpc) is 2.54. The molecule has 2 rings (SSSR count). The van der Waals surface area contributed by atoms with Crippen LogP contribution in [0.15, 0.2) is 17.4 Å². The number of likely N-dealkylation sites (tertiary alicyclic amines) is 1. The Morgan fingerprint density at radius 3 is 2.83 bits per heavy atom. The van der Waals surface area contributed by atoms with E-state index in [-0.39, 0.29) is 12.1 Å². The molecule has 1 aliphatic heterocycles. The van der Waals surface area contributed by atoms with Crippen LogP contribution < -0.4 is 5.32 Å². The Hall–Kier alpha value is -1.34. The fraction of sp³-hybridized carbons (Fsp3) is 0.706. The lowest BCUT2D eigenvalue weighted by molar-refractivity contribution is 0.00992. The summed E-state index contributed by atoms with van der Waals surface area (Å²) in [5, 5.41) is 4.37. The third kappa shape index (κ3) is 5.63. The van der Waals surface area contributed by atoms with Crippen molar-refractivity contribution in [3.05, 3.63) is 18.1 Å². The first-order valence-electron chi connectivity index (χ1n) is 8.45. The van der Waals surface area contributed by atoms with E-state index in [0.717, 1.165) is 43.1 Å². The van der Waals surface area contributed by atoms with Crippen LogP contribution in [-0.2, 0) is 11.3 Å². The predicted octanol–water partition coefficient (Wildman–Crippen LogP) is 3.08. The van der Waals surface area contributed by atoms with Crippen molar-refractivity contribution >= 4 is 17.9 Å². The van der Waals surface area contributed by atoms with Gasteiger partial charge in [-0.15, -0.1) is 11.8 Å². The van der Waals surface area contributed by atoms with Crippen molar-refractivity contribution in [2.45, 2.75) is 63.2 Å². The Morgan fingerprint density at radius 1 is 1.38 bits per heavy atom. The first-order chi connectivity index (χ1) is 11.4. The van der Waals surface area contributed by atoms with Crippen molar-refractivity contribution in [1.82, 2.24) is 20.2 Å². The summed E-state index contributed by atoms with van der Waals surface area (Å²) in [5.74, 6) is 0. The van der Waals surface area contributed by atoms with Gasteiger partial charge in [0.1, 0.15) is 10.6 Å². The summed E-state index contributed by atoms with van der Waals surface area (Å²) in [6, 6.07) is 0.169. The molecule has 1 aromatic heterocycles. The van der Waals surface area contributed by atoms with Crippen LogP contribution in [0.5, 0.6) is 0 Å². The molecular formula is C17H28N4O2S. The molecule has 0 radical (unpaired) electrons. The predicted molar refractivity (Wildman–Crippen MR) is 96.1 cm³/mol. The van der Waals surface area contributed by atoms with Gasteiger partial charge in [-0.1, -0.05) is 0 Å². The molecule has 6 nitrogen and oxygen atoms in total. The zero-order valence-electron chi connectivity index (χ0n) is 15.0. The van der Waals surface area contributed by atoms with Crippen molar-refractivity contribution in [2.75, 3.05) is 19.3 Å². The number of carbonyl (C=O) groups is 1. The number of ether oxygens (including phenoxy) is 1. The smallest absolute Gasteiger partial charge is 0.410 e. The van der Waals surface area contributed by atoms with E-state index in [9.17, 15) is 4.79 Å². The first-order valence-corrected chi connectivity index (χ1v) is 9.67. The summed E-state index contributed by atoms with van der Waals surface area (Å²) in [5.41, 5.74) is 0.490. The molecule has 0 aliphatic carbocycles. The van der Waals surface area contributed by atoms with Crippen molar-refractivity contribution in [3.8, 4) is 0 Å². The summed E-state index contributed by atoms with van der Waals surface area (Å²) in [6.45, 7) is 7.87. The van der Waals surface area contributed by atoms with Gasteiger partial charge in [-0.2, -0.15) is 0 Å². The minimum Gasteiger partial charge on any atom is -0.444 e. The second-order valence-electron chi connectivity index (χ2n) is 6.97. The molecule has 1 saturated heterocycles. The summed E-state index contributed by atoms with van der Waals surface area (Å²) < 4.78 is 5.54. The van der Waals surface area contributed by atoms with Crippen LogP contribution >= 0.6 is 11.8 Å². The average molecular weight is 353 g/mol. The molecule has 0 unspecified atom stereocenters. The maximum absolute atomic E-state index is 12.4. The lowest BCUT2D eigenvalue weighted by Gasteiger charge is -2.36. The number of piperidine rings is 1. The maximum Gasteiger partial charge on any atom is 0.410 e. The highest BCUT2D eigenvalue weighted by atomic mass is 32.2. The van der Waals surface area contributed by atoms with Crippen LogP contribution in [0.25, 0.3) is 0 Å². The minimum atomic E-state index is -0.459. The fourth-order valence-electron chi connectivity index (χ4n) is 2.78. The zero-order valence-corrected chi connectivity index (χ0v) is 15.9. The summed E-state index contributed by atoms with van der Waals surface area (Å²) in [6.07, 6.45) is 8.40. The van der Waals surface area contributed by atoms with E-state index in [2.05, 4.69) is 15.3 Å². The van der Waals surface area contributed by atoms with Crippen LogP contribution in [0.3, 0.4) is 0 Å². The zero-order chi connectivity index (χ0) is 17.6. The number of hydrogen-bond donors (Lipinski definition) is 1. The molecule has 1 N–H and O–H groups in total. The van der Waals surface area contributed by atoms with Gasteiger partial charge in [0.05, 0.1) is 5.69 Å². The second kappa shape index (κ2) is 8.67. The van der Waals surface area contributed by atoms with Crippen molar-refractivity contribution in [3.63, 3.8) is 0 Å². The van der Waals surface area contributed by atoms with Gasteiger partial charge in [-0.05, 0) is 46.3 Å². The van der Waals surface area contributed by atoms with E-state index in [1.165, 1.54) is 0 Å². The molecule has 24 heavy (non-hydrogen) atoms. The van der Waals surface area contributed by atoms with Gasteiger partial charge in [-0.3, -0.25) is 4.98 Å². The molecule has 1 aromatic rings. The number of carbonyl (C=O) groups excluding carboxylic acids is 1. The summed E-state index contributed by atoms with van der Waals surface area (Å²) >= 11 is 1.60. The van der Waals surface area contributed by atoms with Crippen molar-refractivity contribution in [2.24, 2.45) is 0 Å². The fourth-order valence-corrected chi connectivity index (χ4v) is 3.30. The van der Waals surface area contributed by atoms with E-state index < -0.39 is 5.60 Å². The highest BCUT2D eigenvalue weighted by molar-refractivity contribution is 7.98. The molecule has 2 heterocycles. The third-order valence-electron chi connectivity index (χ3n) is 3.86. The Balaban J connectivity index is 1.90. The van der Waals surface area contributed by atoms with Gasteiger partial charge < -0.3 is 15.0 Å². The van der Waals surface area contributed by atoms with Crippen LogP contribution in [-0.4, -0.2) is 51.9 Å². The third-order valence-corrected chi connectivity index (χ3v) is 4.58. The minimum absolute atomic E-state index is 0.169. The summed E-state index contributed by atoms with van der Waals surface area (Å²) in [4.78, 5) is 23.0. The van der Waals surface area contributed by atoms with Gasteiger partial charge in [0.2, 0.25) is 0 Å². The maximum atomic E-state index is 12.4.